The Kier molecular flexibility index (Phi) is 12.7. The molecular weight excluding hydrogens is 653 g/mol. The average Bonchev–Trinajstić information content (AvgIpc) is 3.61. The van der Waals surface area contributed by atoms with Crippen molar-refractivity contribution in [2.75, 3.05) is 26.2 Å². The molecule has 1 aromatic heterocycles. The van der Waals surface area contributed by atoms with Crippen LogP contribution in [-0.4, -0.2) is 100 Å². The Morgan fingerprint density at radius 3 is 2.46 bits per heavy atom. The van der Waals surface area contributed by atoms with Crippen molar-refractivity contribution in [2.45, 2.75) is 70.7 Å². The van der Waals surface area contributed by atoms with Crippen LogP contribution >= 0.6 is 11.3 Å². The first-order valence-electron chi connectivity index (χ1n) is 16.1. The Hall–Kier alpha value is -3.85. The number of aryl methyl sites for hydroxylation is 1. The van der Waals surface area contributed by atoms with Crippen LogP contribution in [0.5, 0.6) is 0 Å². The maximum absolute atomic E-state index is 14.1. The highest BCUT2D eigenvalue weighted by molar-refractivity contribution is 7.89. The van der Waals surface area contributed by atoms with Crippen LogP contribution in [0.1, 0.15) is 49.5 Å². The largest absolute Gasteiger partial charge is 0.411 e. The highest BCUT2D eigenvalue weighted by Crippen LogP contribution is 2.23. The molecule has 0 bridgehead atoms. The van der Waals surface area contributed by atoms with Crippen molar-refractivity contribution >= 4 is 39.5 Å². The van der Waals surface area contributed by atoms with Crippen LogP contribution in [0.4, 0.5) is 4.79 Å². The van der Waals surface area contributed by atoms with E-state index in [1.807, 2.05) is 70.3 Å². The van der Waals surface area contributed by atoms with Gasteiger partial charge in [0.2, 0.25) is 15.9 Å². The van der Waals surface area contributed by atoms with E-state index in [1.54, 1.807) is 21.9 Å². The van der Waals surface area contributed by atoms with Gasteiger partial charge in [-0.15, -0.1) is 11.3 Å². The number of aliphatic hydroxyl groups is 1. The number of sulfonamides is 1. The number of benzene rings is 2. The van der Waals surface area contributed by atoms with Gasteiger partial charge in [0.1, 0.15) is 6.04 Å². The second kappa shape index (κ2) is 16.5. The summed E-state index contributed by atoms with van der Waals surface area (Å²) in [5.41, 5.74) is 2.05. The number of aromatic nitrogens is 1. The molecule has 3 atom stereocenters. The van der Waals surface area contributed by atoms with Crippen LogP contribution in [0.15, 0.2) is 70.0 Å². The van der Waals surface area contributed by atoms with E-state index in [0.29, 0.717) is 25.2 Å². The fourth-order valence-corrected chi connectivity index (χ4v) is 8.17. The van der Waals surface area contributed by atoms with Gasteiger partial charge in [-0.25, -0.2) is 18.2 Å². The van der Waals surface area contributed by atoms with Gasteiger partial charge in [-0.05, 0) is 48.4 Å². The van der Waals surface area contributed by atoms with Crippen molar-refractivity contribution < 1.29 is 28.3 Å². The van der Waals surface area contributed by atoms with Gasteiger partial charge < -0.3 is 25.4 Å². The smallest absolute Gasteiger partial charge is 0.321 e. The molecule has 1 fully saturated rings. The number of thiazole rings is 1. The third-order valence-corrected chi connectivity index (χ3v) is 10.8. The van der Waals surface area contributed by atoms with Crippen molar-refractivity contribution in [3.63, 3.8) is 0 Å². The number of aliphatic hydroxyl groups excluding tert-OH is 1. The SMILES string of the molecule is Cc1nc(CN2CCN([C@H](C(=O)N[C@@H](Cc3ccccc3)[C@H](O)CN(CC(C)C)S(=O)(=O)c3cccc(/C=N/O)c3)C(C)C)C2=O)cs1. The molecule has 2 aromatic carbocycles. The second-order valence-electron chi connectivity index (χ2n) is 12.8. The molecule has 260 valence electrons. The van der Waals surface area contributed by atoms with E-state index in [9.17, 15) is 23.1 Å². The first kappa shape index (κ1) is 37.0. The summed E-state index contributed by atoms with van der Waals surface area (Å²) in [6.45, 7) is 10.4. The van der Waals surface area contributed by atoms with Crippen molar-refractivity contribution in [3.8, 4) is 0 Å². The fraction of sp³-hybridized carbons (Fsp3) is 0.471. The standard InChI is InChI=1S/C34H46N6O6S2/c1-23(2)19-39(48(45,46)29-13-9-12-27(16-29)18-35-44)21-31(41)30(17-26-10-7-6-8-11-26)37-33(42)32(24(3)4)40-15-14-38(34(40)43)20-28-22-47-25(5)36-28/h6-13,16,18,22-24,30-32,41,44H,14-15,17,19-21H2,1-5H3,(H,37,42)/b35-18+/t30-,31+,32-/m0/s1. The van der Waals surface area contributed by atoms with Crippen molar-refractivity contribution in [1.82, 2.24) is 24.4 Å². The maximum Gasteiger partial charge on any atom is 0.321 e. The van der Waals surface area contributed by atoms with Gasteiger partial charge in [-0.1, -0.05) is 75.3 Å². The predicted molar refractivity (Wildman–Crippen MR) is 185 cm³/mol. The zero-order valence-electron chi connectivity index (χ0n) is 28.1. The Bertz CT molecular complexity index is 1660. The number of hydrogen-bond acceptors (Lipinski definition) is 9. The molecule has 48 heavy (non-hydrogen) atoms. The maximum atomic E-state index is 14.1. The van der Waals surface area contributed by atoms with E-state index >= 15 is 0 Å². The minimum atomic E-state index is -4.09. The third-order valence-electron chi connectivity index (χ3n) is 8.14. The third kappa shape index (κ3) is 9.40. The number of urea groups is 1. The summed E-state index contributed by atoms with van der Waals surface area (Å²) in [6, 6.07) is 13.4. The molecule has 3 aromatic rings. The number of nitrogens with zero attached hydrogens (tertiary/aromatic N) is 5. The zero-order valence-corrected chi connectivity index (χ0v) is 29.7. The summed E-state index contributed by atoms with van der Waals surface area (Å²) in [5, 5.41) is 29.5. The molecule has 14 heteroatoms. The van der Waals surface area contributed by atoms with Gasteiger partial charge in [-0.2, -0.15) is 4.31 Å². The van der Waals surface area contributed by atoms with Crippen LogP contribution in [0, 0.1) is 18.8 Å². The summed E-state index contributed by atoms with van der Waals surface area (Å²) in [5.74, 6) is -0.726. The topological polar surface area (TPSA) is 156 Å². The lowest BCUT2D eigenvalue weighted by Crippen LogP contribution is -2.57. The van der Waals surface area contributed by atoms with Gasteiger partial charge in [-0.3, -0.25) is 4.79 Å². The van der Waals surface area contributed by atoms with Crippen molar-refractivity contribution in [1.29, 1.82) is 0 Å². The Balaban J connectivity index is 1.58. The molecule has 0 unspecified atom stereocenters. The summed E-state index contributed by atoms with van der Waals surface area (Å²) in [7, 11) is -4.09. The van der Waals surface area contributed by atoms with Gasteiger partial charge in [0.05, 0.1) is 40.5 Å². The molecule has 4 rings (SSSR count). The van der Waals surface area contributed by atoms with Crippen LogP contribution in [-0.2, 0) is 27.8 Å². The lowest BCUT2D eigenvalue weighted by Gasteiger charge is -2.34. The zero-order chi connectivity index (χ0) is 35.0. The Morgan fingerprint density at radius 2 is 1.83 bits per heavy atom. The second-order valence-corrected chi connectivity index (χ2v) is 15.8. The molecule has 2 heterocycles. The quantitative estimate of drug-likeness (QED) is 0.116. The normalized spacial score (nSPS) is 16.0. The van der Waals surface area contributed by atoms with E-state index in [0.717, 1.165) is 22.5 Å². The molecular formula is C34H46N6O6S2. The molecule has 3 N–H and O–H groups in total. The predicted octanol–water partition coefficient (Wildman–Crippen LogP) is 3.96. The number of amides is 3. The molecule has 12 nitrogen and oxygen atoms in total. The molecule has 1 aliphatic rings. The number of rotatable bonds is 16. The Morgan fingerprint density at radius 1 is 1.10 bits per heavy atom. The molecule has 1 aliphatic heterocycles. The summed E-state index contributed by atoms with van der Waals surface area (Å²) in [4.78, 5) is 35.3. The van der Waals surface area contributed by atoms with Crippen LogP contribution in [0.25, 0.3) is 0 Å². The molecule has 0 radical (unpaired) electrons. The van der Waals surface area contributed by atoms with E-state index in [2.05, 4.69) is 15.5 Å². The van der Waals surface area contributed by atoms with E-state index in [1.165, 1.54) is 27.8 Å². The van der Waals surface area contributed by atoms with Crippen LogP contribution < -0.4 is 5.32 Å². The van der Waals surface area contributed by atoms with Gasteiger partial charge in [0.25, 0.3) is 0 Å². The summed E-state index contributed by atoms with van der Waals surface area (Å²) >= 11 is 1.52. The minimum absolute atomic E-state index is 0.0128. The Labute approximate surface area is 287 Å². The molecule has 0 saturated carbocycles. The number of nitrogens with one attached hydrogen (secondary N) is 1. The first-order valence-corrected chi connectivity index (χ1v) is 18.4. The van der Waals surface area contributed by atoms with Crippen LogP contribution in [0.3, 0.4) is 0 Å². The van der Waals surface area contributed by atoms with Crippen molar-refractivity contribution in [3.05, 3.63) is 81.8 Å². The first-order chi connectivity index (χ1) is 22.8. The number of oxime groups is 1. The number of carbonyl (C=O) groups excluding carboxylic acids is 2. The summed E-state index contributed by atoms with van der Waals surface area (Å²) < 4.78 is 29.0. The minimum Gasteiger partial charge on any atom is -0.411 e. The monoisotopic (exact) mass is 698 g/mol. The fourth-order valence-electron chi connectivity index (χ4n) is 5.89. The van der Waals surface area contributed by atoms with E-state index < -0.39 is 34.1 Å². The molecule has 1 saturated heterocycles. The van der Waals surface area contributed by atoms with E-state index in [-0.39, 0.29) is 42.3 Å². The molecule has 0 spiro atoms. The van der Waals surface area contributed by atoms with Gasteiger partial charge in [0.15, 0.2) is 0 Å². The number of hydrogen-bond donors (Lipinski definition) is 3. The van der Waals surface area contributed by atoms with Crippen molar-refractivity contribution in [2.24, 2.45) is 17.0 Å². The lowest BCUT2D eigenvalue weighted by molar-refractivity contribution is -0.128. The van der Waals surface area contributed by atoms with E-state index in [4.69, 9.17) is 5.21 Å². The molecule has 0 aliphatic carbocycles. The highest BCUT2D eigenvalue weighted by Gasteiger charge is 2.40. The molecule has 3 amide bonds. The summed E-state index contributed by atoms with van der Waals surface area (Å²) in [6.07, 6.45) is 0.0813. The van der Waals surface area contributed by atoms with Gasteiger partial charge in [0, 0.05) is 31.6 Å². The van der Waals surface area contributed by atoms with Crippen LogP contribution in [0.2, 0.25) is 0 Å². The highest BCUT2D eigenvalue weighted by atomic mass is 32.2. The lowest BCUT2D eigenvalue weighted by atomic mass is 9.97. The average molecular weight is 699 g/mol. The number of carbonyl (C=O) groups is 2. The van der Waals surface area contributed by atoms with Gasteiger partial charge >= 0.3 is 6.03 Å².